The Kier molecular flexibility index (Phi) is 5.13. The molecule has 2 fully saturated rings. The molecule has 3 aliphatic rings. The van der Waals surface area contributed by atoms with Crippen molar-refractivity contribution in [2.24, 2.45) is 0 Å². The lowest BCUT2D eigenvalue weighted by Gasteiger charge is -2.25. The lowest BCUT2D eigenvalue weighted by molar-refractivity contribution is -0.152. The van der Waals surface area contributed by atoms with Gasteiger partial charge in [0.1, 0.15) is 24.2 Å². The topological polar surface area (TPSA) is 96.4 Å². The number of carbonyl (C=O) groups excluding carboxylic acids is 2. The van der Waals surface area contributed by atoms with E-state index in [9.17, 15) is 28.3 Å². The third kappa shape index (κ3) is 3.75. The highest BCUT2D eigenvalue weighted by Crippen LogP contribution is 2.35. The van der Waals surface area contributed by atoms with E-state index in [2.05, 4.69) is 0 Å². The monoisotopic (exact) mass is 458 g/mol. The molecular formula is C23H20F2N2O6. The predicted octanol–water partition coefficient (Wildman–Crippen LogP) is 2.02. The SMILES string of the molecule is O=C(O)[C@@H]1CC2(CN1C(=O)CN1Cc3cc(-c4ccc(F)cc4F)ccc3C1=O)OCCO2. The highest BCUT2D eigenvalue weighted by atomic mass is 19.1. The van der Waals surface area contributed by atoms with Gasteiger partial charge in [-0.15, -0.1) is 0 Å². The number of rotatable bonds is 4. The number of carboxylic acid groups (broad SMARTS) is 1. The Morgan fingerprint density at radius 3 is 2.52 bits per heavy atom. The molecular weight excluding hydrogens is 438 g/mol. The van der Waals surface area contributed by atoms with Crippen LogP contribution in [0.4, 0.5) is 8.78 Å². The van der Waals surface area contributed by atoms with E-state index in [1.807, 2.05) is 0 Å². The fraction of sp³-hybridized carbons (Fsp3) is 0.348. The lowest BCUT2D eigenvalue weighted by atomic mass is 10.00. The molecule has 3 heterocycles. The molecule has 2 saturated heterocycles. The normalized spacial score (nSPS) is 21.2. The number of carboxylic acids is 1. The van der Waals surface area contributed by atoms with Gasteiger partial charge in [-0.25, -0.2) is 13.6 Å². The molecule has 0 unspecified atom stereocenters. The van der Waals surface area contributed by atoms with Crippen LogP contribution >= 0.6 is 0 Å². The van der Waals surface area contributed by atoms with Crippen molar-refractivity contribution in [1.29, 1.82) is 0 Å². The van der Waals surface area contributed by atoms with Crippen LogP contribution < -0.4 is 0 Å². The minimum absolute atomic E-state index is 0.0221. The number of nitrogens with zero attached hydrogens (tertiary/aromatic N) is 2. The zero-order valence-corrected chi connectivity index (χ0v) is 17.4. The predicted molar refractivity (Wildman–Crippen MR) is 109 cm³/mol. The average molecular weight is 458 g/mol. The van der Waals surface area contributed by atoms with Gasteiger partial charge in [-0.3, -0.25) is 9.59 Å². The molecule has 0 radical (unpaired) electrons. The van der Waals surface area contributed by atoms with Crippen LogP contribution in [0.2, 0.25) is 0 Å². The number of halogens is 2. The zero-order chi connectivity index (χ0) is 23.3. The second-order valence-corrected chi connectivity index (χ2v) is 8.34. The number of amides is 2. The van der Waals surface area contributed by atoms with Gasteiger partial charge in [0.15, 0.2) is 5.79 Å². The van der Waals surface area contributed by atoms with E-state index in [-0.39, 0.29) is 37.5 Å². The van der Waals surface area contributed by atoms with E-state index in [0.29, 0.717) is 29.9 Å². The summed E-state index contributed by atoms with van der Waals surface area (Å²) in [7, 11) is 0. The van der Waals surface area contributed by atoms with Gasteiger partial charge in [-0.05, 0) is 35.4 Å². The van der Waals surface area contributed by atoms with Crippen LogP contribution in [0.5, 0.6) is 0 Å². The summed E-state index contributed by atoms with van der Waals surface area (Å²) in [5.74, 6) is -4.59. The third-order valence-corrected chi connectivity index (χ3v) is 6.26. The fourth-order valence-electron chi connectivity index (χ4n) is 4.68. The van der Waals surface area contributed by atoms with Crippen molar-refractivity contribution in [3.8, 4) is 11.1 Å². The van der Waals surface area contributed by atoms with E-state index < -0.39 is 35.3 Å². The van der Waals surface area contributed by atoms with Crippen LogP contribution in [0.1, 0.15) is 22.3 Å². The zero-order valence-electron chi connectivity index (χ0n) is 17.4. The van der Waals surface area contributed by atoms with Gasteiger partial charge in [-0.2, -0.15) is 0 Å². The smallest absolute Gasteiger partial charge is 0.326 e. The molecule has 172 valence electrons. The summed E-state index contributed by atoms with van der Waals surface area (Å²) in [6.07, 6.45) is 0.0227. The molecule has 3 aliphatic heterocycles. The Morgan fingerprint density at radius 2 is 1.82 bits per heavy atom. The largest absolute Gasteiger partial charge is 0.480 e. The molecule has 8 nitrogen and oxygen atoms in total. The first kappa shape index (κ1) is 21.5. The van der Waals surface area contributed by atoms with E-state index >= 15 is 0 Å². The van der Waals surface area contributed by atoms with Crippen LogP contribution in [-0.2, 0) is 25.6 Å². The number of ether oxygens (including phenoxy) is 2. The summed E-state index contributed by atoms with van der Waals surface area (Å²) >= 11 is 0. The first-order chi connectivity index (χ1) is 15.8. The van der Waals surface area contributed by atoms with E-state index in [1.165, 1.54) is 15.9 Å². The lowest BCUT2D eigenvalue weighted by Crippen LogP contribution is -2.46. The highest BCUT2D eigenvalue weighted by molar-refractivity contribution is 6.01. The minimum Gasteiger partial charge on any atom is -0.480 e. The number of aliphatic carboxylic acids is 1. The summed E-state index contributed by atoms with van der Waals surface area (Å²) in [6, 6.07) is 6.91. The Bertz CT molecular complexity index is 1160. The first-order valence-corrected chi connectivity index (χ1v) is 10.4. The van der Waals surface area contributed by atoms with Crippen molar-refractivity contribution in [3.63, 3.8) is 0 Å². The van der Waals surface area contributed by atoms with Crippen molar-refractivity contribution in [2.75, 3.05) is 26.3 Å². The Balaban J connectivity index is 1.33. The van der Waals surface area contributed by atoms with Gasteiger partial charge in [0.2, 0.25) is 5.91 Å². The van der Waals surface area contributed by atoms with Crippen molar-refractivity contribution in [1.82, 2.24) is 9.80 Å². The number of hydrogen-bond acceptors (Lipinski definition) is 5. The van der Waals surface area contributed by atoms with Crippen molar-refractivity contribution in [3.05, 3.63) is 59.2 Å². The maximum Gasteiger partial charge on any atom is 0.326 e. The molecule has 1 N–H and O–H groups in total. The summed E-state index contributed by atoms with van der Waals surface area (Å²) in [6.45, 7) is 0.427. The van der Waals surface area contributed by atoms with Crippen LogP contribution in [-0.4, -0.2) is 70.8 Å². The standard InChI is InChI=1S/C23H20F2N2O6/c24-15-2-4-16(18(25)8-15)13-1-3-17-14(7-13)10-26(21(17)29)11-20(28)27-12-23(32-5-6-33-23)9-19(27)22(30)31/h1-4,7-8,19H,5-6,9-12H2,(H,30,31)/t19-/m0/s1. The molecule has 1 atom stereocenters. The number of carbonyl (C=O) groups is 3. The van der Waals surface area contributed by atoms with Crippen LogP contribution in [0.15, 0.2) is 36.4 Å². The van der Waals surface area contributed by atoms with Gasteiger partial charge >= 0.3 is 5.97 Å². The Morgan fingerprint density at radius 1 is 1.09 bits per heavy atom. The maximum atomic E-state index is 14.2. The Hall–Kier alpha value is -3.37. The molecule has 2 aromatic carbocycles. The van der Waals surface area contributed by atoms with Gasteiger partial charge in [0.25, 0.3) is 5.91 Å². The van der Waals surface area contributed by atoms with E-state index in [4.69, 9.17) is 9.47 Å². The second kappa shape index (κ2) is 7.89. The van der Waals surface area contributed by atoms with Crippen LogP contribution in [0.3, 0.4) is 0 Å². The Labute approximate surface area is 187 Å². The molecule has 33 heavy (non-hydrogen) atoms. The second-order valence-electron chi connectivity index (χ2n) is 8.34. The quantitative estimate of drug-likeness (QED) is 0.753. The number of hydrogen-bond donors (Lipinski definition) is 1. The minimum atomic E-state index is -1.17. The number of likely N-dealkylation sites (tertiary alicyclic amines) is 1. The maximum absolute atomic E-state index is 14.2. The molecule has 0 aromatic heterocycles. The molecule has 2 amide bonds. The van der Waals surface area contributed by atoms with Crippen LogP contribution in [0, 0.1) is 11.6 Å². The molecule has 0 saturated carbocycles. The summed E-state index contributed by atoms with van der Waals surface area (Å²) in [5.41, 5.74) is 1.66. The molecule has 0 aliphatic carbocycles. The van der Waals surface area contributed by atoms with E-state index in [1.54, 1.807) is 18.2 Å². The number of fused-ring (bicyclic) bond motifs is 1. The fourth-order valence-corrected chi connectivity index (χ4v) is 4.68. The van der Waals surface area contributed by atoms with Crippen molar-refractivity contribution < 1.29 is 37.7 Å². The third-order valence-electron chi connectivity index (χ3n) is 6.26. The molecule has 2 aromatic rings. The summed E-state index contributed by atoms with van der Waals surface area (Å²) in [5, 5.41) is 9.57. The molecule has 10 heteroatoms. The average Bonchev–Trinajstić information content (AvgIpc) is 3.47. The number of benzene rings is 2. The first-order valence-electron chi connectivity index (χ1n) is 10.4. The summed E-state index contributed by atoms with van der Waals surface area (Å²) < 4.78 is 38.5. The van der Waals surface area contributed by atoms with Crippen molar-refractivity contribution >= 4 is 17.8 Å². The van der Waals surface area contributed by atoms with Gasteiger partial charge < -0.3 is 24.4 Å². The van der Waals surface area contributed by atoms with Gasteiger partial charge in [0, 0.05) is 30.2 Å². The highest BCUT2D eigenvalue weighted by Gasteiger charge is 2.53. The van der Waals surface area contributed by atoms with Crippen molar-refractivity contribution in [2.45, 2.75) is 24.8 Å². The van der Waals surface area contributed by atoms with Gasteiger partial charge in [-0.1, -0.05) is 6.07 Å². The van der Waals surface area contributed by atoms with Gasteiger partial charge in [0.05, 0.1) is 19.8 Å². The molecule has 5 rings (SSSR count). The summed E-state index contributed by atoms with van der Waals surface area (Å²) in [4.78, 5) is 40.0. The van der Waals surface area contributed by atoms with Crippen LogP contribution in [0.25, 0.3) is 11.1 Å². The molecule has 0 bridgehead atoms. The molecule has 1 spiro atoms. The van der Waals surface area contributed by atoms with E-state index in [0.717, 1.165) is 12.1 Å².